The quantitative estimate of drug-likeness (QED) is 0.391. The third-order valence-corrected chi connectivity index (χ3v) is 2.31. The number of hydrogen-bond donors (Lipinski definition) is 0. The van der Waals surface area contributed by atoms with Gasteiger partial charge in [0.05, 0.1) is 0 Å². The Balaban J connectivity index is 0.000001000. The maximum atomic E-state index is 2.53. The Hall–Kier alpha value is 0.597. The zero-order chi connectivity index (χ0) is 7.40. The van der Waals surface area contributed by atoms with Gasteiger partial charge in [0, 0.05) is 0 Å². The molecule has 0 amide bonds. The van der Waals surface area contributed by atoms with Gasteiger partial charge in [-0.1, -0.05) is 46.0 Å². The van der Waals surface area contributed by atoms with Crippen LogP contribution in [0.2, 0.25) is 0 Å². The van der Waals surface area contributed by atoms with Crippen LogP contribution >= 0.6 is 0 Å². The Morgan fingerprint density at radius 1 is 1.09 bits per heavy atom. The second-order valence-corrected chi connectivity index (χ2v) is 3.83. The molecule has 0 nitrogen and oxygen atoms in total. The van der Waals surface area contributed by atoms with Crippen LogP contribution in [-0.4, -0.2) is 0 Å². The average Bonchev–Trinajstić information content (AvgIpc) is 1.88. The van der Waals surface area contributed by atoms with Crippen LogP contribution < -0.4 is 18.9 Å². The van der Waals surface area contributed by atoms with E-state index in [4.69, 9.17) is 0 Å². The van der Waals surface area contributed by atoms with E-state index in [-0.39, 0.29) is 18.9 Å². The van der Waals surface area contributed by atoms with Gasteiger partial charge in [-0.2, -0.15) is 11.8 Å². The third-order valence-electron chi connectivity index (χ3n) is 2.31. The SMILES string of the molecule is CC(C)[CH-]C1CCCCC1.[Li+]. The van der Waals surface area contributed by atoms with E-state index in [1.54, 1.807) is 0 Å². The van der Waals surface area contributed by atoms with Crippen molar-refractivity contribution in [3.05, 3.63) is 6.42 Å². The van der Waals surface area contributed by atoms with Crippen molar-refractivity contribution in [1.82, 2.24) is 0 Å². The van der Waals surface area contributed by atoms with E-state index in [9.17, 15) is 0 Å². The van der Waals surface area contributed by atoms with Crippen LogP contribution in [0.15, 0.2) is 0 Å². The first-order chi connectivity index (χ1) is 4.79. The normalized spacial score (nSPS) is 19.9. The fraction of sp³-hybridized carbons (Fsp3) is 0.900. The van der Waals surface area contributed by atoms with Crippen molar-refractivity contribution in [2.45, 2.75) is 46.0 Å². The van der Waals surface area contributed by atoms with Gasteiger partial charge < -0.3 is 6.42 Å². The topological polar surface area (TPSA) is 0 Å². The molecule has 1 rings (SSSR count). The monoisotopic (exact) mass is 146 g/mol. The summed E-state index contributed by atoms with van der Waals surface area (Å²) in [6.45, 7) is 4.57. The second-order valence-electron chi connectivity index (χ2n) is 3.83. The summed E-state index contributed by atoms with van der Waals surface area (Å²) in [7, 11) is 0. The van der Waals surface area contributed by atoms with Crippen molar-refractivity contribution in [2.75, 3.05) is 0 Å². The zero-order valence-corrected chi connectivity index (χ0v) is 8.27. The Morgan fingerprint density at radius 2 is 1.64 bits per heavy atom. The van der Waals surface area contributed by atoms with Gasteiger partial charge in [-0.3, -0.25) is 0 Å². The van der Waals surface area contributed by atoms with Gasteiger partial charge in [0.25, 0.3) is 0 Å². The summed E-state index contributed by atoms with van der Waals surface area (Å²) in [4.78, 5) is 0. The molecular formula is C10H19Li. The summed E-state index contributed by atoms with van der Waals surface area (Å²) < 4.78 is 0. The molecule has 60 valence electrons. The molecule has 1 saturated carbocycles. The maximum Gasteiger partial charge on any atom is 1.00 e. The minimum Gasteiger partial charge on any atom is -0.323 e. The predicted molar refractivity (Wildman–Crippen MR) is 45.7 cm³/mol. The molecule has 0 spiro atoms. The fourth-order valence-corrected chi connectivity index (χ4v) is 1.87. The first kappa shape index (κ1) is 11.6. The van der Waals surface area contributed by atoms with Crippen molar-refractivity contribution >= 4 is 0 Å². The summed E-state index contributed by atoms with van der Waals surface area (Å²) in [5.74, 6) is 1.75. The van der Waals surface area contributed by atoms with Crippen LogP contribution in [0.5, 0.6) is 0 Å². The number of rotatable bonds is 2. The molecule has 0 aromatic rings. The summed E-state index contributed by atoms with van der Waals surface area (Å²) in [6, 6.07) is 0. The van der Waals surface area contributed by atoms with Gasteiger partial charge in [-0.15, -0.1) is 0 Å². The minimum atomic E-state index is 0. The van der Waals surface area contributed by atoms with Crippen LogP contribution in [0, 0.1) is 18.3 Å². The third kappa shape index (κ3) is 4.94. The van der Waals surface area contributed by atoms with Gasteiger partial charge in [-0.05, 0) is 0 Å². The van der Waals surface area contributed by atoms with Crippen LogP contribution in [0.25, 0.3) is 0 Å². The van der Waals surface area contributed by atoms with Crippen LogP contribution in [0.4, 0.5) is 0 Å². The zero-order valence-electron chi connectivity index (χ0n) is 8.27. The first-order valence-electron chi connectivity index (χ1n) is 4.64. The van der Waals surface area contributed by atoms with Crippen LogP contribution in [0.1, 0.15) is 46.0 Å². The van der Waals surface area contributed by atoms with E-state index >= 15 is 0 Å². The largest absolute Gasteiger partial charge is 1.00 e. The summed E-state index contributed by atoms with van der Waals surface area (Å²) in [5.41, 5.74) is 0. The van der Waals surface area contributed by atoms with E-state index in [1.807, 2.05) is 0 Å². The van der Waals surface area contributed by atoms with Gasteiger partial charge in [0.1, 0.15) is 0 Å². The molecule has 11 heavy (non-hydrogen) atoms. The van der Waals surface area contributed by atoms with Gasteiger partial charge >= 0.3 is 18.9 Å². The molecule has 0 atom stereocenters. The van der Waals surface area contributed by atoms with Crippen molar-refractivity contribution in [3.63, 3.8) is 0 Å². The molecule has 0 saturated heterocycles. The van der Waals surface area contributed by atoms with E-state index in [1.165, 1.54) is 32.1 Å². The molecule has 0 aliphatic heterocycles. The fourth-order valence-electron chi connectivity index (χ4n) is 1.87. The van der Waals surface area contributed by atoms with Gasteiger partial charge in [0.15, 0.2) is 0 Å². The molecule has 0 aromatic heterocycles. The first-order valence-corrected chi connectivity index (χ1v) is 4.64. The minimum absolute atomic E-state index is 0. The second kappa shape index (κ2) is 6.15. The Kier molecular flexibility index (Phi) is 6.49. The van der Waals surface area contributed by atoms with Crippen molar-refractivity contribution in [2.24, 2.45) is 11.8 Å². The summed E-state index contributed by atoms with van der Waals surface area (Å²) in [5, 5.41) is 0. The molecule has 0 aromatic carbocycles. The Morgan fingerprint density at radius 3 is 2.09 bits per heavy atom. The Bertz CT molecular complexity index is 82.9. The molecule has 0 heterocycles. The van der Waals surface area contributed by atoms with Gasteiger partial charge in [0.2, 0.25) is 0 Å². The molecule has 1 heteroatoms. The van der Waals surface area contributed by atoms with E-state index < -0.39 is 0 Å². The van der Waals surface area contributed by atoms with Crippen LogP contribution in [-0.2, 0) is 0 Å². The molecule has 0 unspecified atom stereocenters. The van der Waals surface area contributed by atoms with E-state index in [2.05, 4.69) is 20.3 Å². The van der Waals surface area contributed by atoms with Crippen molar-refractivity contribution in [1.29, 1.82) is 0 Å². The predicted octanol–water partition coefficient (Wildman–Crippen LogP) is 0.431. The summed E-state index contributed by atoms with van der Waals surface area (Å²) in [6.07, 6.45) is 9.85. The summed E-state index contributed by atoms with van der Waals surface area (Å²) >= 11 is 0. The molecule has 0 N–H and O–H groups in total. The maximum absolute atomic E-state index is 2.53. The molecule has 1 aliphatic rings. The number of hydrogen-bond acceptors (Lipinski definition) is 0. The average molecular weight is 146 g/mol. The van der Waals surface area contributed by atoms with E-state index in [0.717, 1.165) is 11.8 Å². The molecule has 1 aliphatic carbocycles. The van der Waals surface area contributed by atoms with E-state index in [0.29, 0.717) is 0 Å². The van der Waals surface area contributed by atoms with Crippen molar-refractivity contribution in [3.8, 4) is 0 Å². The van der Waals surface area contributed by atoms with Gasteiger partial charge in [-0.25, -0.2) is 0 Å². The standard InChI is InChI=1S/C10H19.Li/c1-9(2)8-10-6-4-3-5-7-10;/h8-10H,3-7H2,1-2H3;/q-1;+1. The smallest absolute Gasteiger partial charge is 0.323 e. The molecule has 0 bridgehead atoms. The molecule has 1 fully saturated rings. The van der Waals surface area contributed by atoms with Crippen LogP contribution in [0.3, 0.4) is 0 Å². The Labute approximate surface area is 83.3 Å². The molecular weight excluding hydrogens is 127 g/mol. The molecule has 0 radical (unpaired) electrons. The van der Waals surface area contributed by atoms with Crippen molar-refractivity contribution < 1.29 is 18.9 Å².